The Morgan fingerprint density at radius 2 is 1.76 bits per heavy atom. The topological polar surface area (TPSA) is 87.6 Å². The third kappa shape index (κ3) is 4.19. The number of rotatable bonds is 7. The summed E-state index contributed by atoms with van der Waals surface area (Å²) in [6, 6.07) is 13.8. The average molecular weight is 288 g/mol. The van der Waals surface area contributed by atoms with Gasteiger partial charge in [0.2, 0.25) is 0 Å². The predicted octanol–water partition coefficient (Wildman–Crippen LogP) is 2.51. The lowest BCUT2D eigenvalue weighted by atomic mass is 10.2. The fourth-order valence-corrected chi connectivity index (χ4v) is 1.81. The molecule has 0 fully saturated rings. The number of para-hydroxylation sites is 1. The van der Waals surface area contributed by atoms with Crippen molar-refractivity contribution < 1.29 is 14.4 Å². The summed E-state index contributed by atoms with van der Waals surface area (Å²) >= 11 is 0. The van der Waals surface area contributed by atoms with Crippen molar-refractivity contribution in [2.24, 2.45) is 5.73 Å². The molecule has 0 aliphatic heterocycles. The van der Waals surface area contributed by atoms with Gasteiger partial charge in [-0.05, 0) is 18.2 Å². The molecule has 0 saturated carbocycles. The van der Waals surface area contributed by atoms with Gasteiger partial charge < -0.3 is 15.2 Å². The zero-order chi connectivity index (χ0) is 15.1. The molecule has 0 amide bonds. The van der Waals surface area contributed by atoms with E-state index in [1.807, 2.05) is 30.3 Å². The Bertz CT molecular complexity index is 602. The standard InChI is InChI=1S/C15H16N2O4/c16-11-12-10-13(17(18)19)6-7-15(12)21-9-8-20-14-4-2-1-3-5-14/h1-7,10H,8-9,11,16H2. The molecule has 0 aliphatic carbocycles. The highest BCUT2D eigenvalue weighted by molar-refractivity contribution is 5.43. The van der Waals surface area contributed by atoms with Crippen molar-refractivity contribution in [2.75, 3.05) is 13.2 Å². The largest absolute Gasteiger partial charge is 0.490 e. The SMILES string of the molecule is NCc1cc([N+](=O)[O-])ccc1OCCOc1ccccc1. The third-order valence-corrected chi connectivity index (χ3v) is 2.83. The van der Waals surface area contributed by atoms with Crippen LogP contribution < -0.4 is 15.2 Å². The first kappa shape index (κ1) is 14.8. The molecule has 2 rings (SSSR count). The van der Waals surface area contributed by atoms with E-state index in [-0.39, 0.29) is 12.2 Å². The number of hydrogen-bond donors (Lipinski definition) is 1. The van der Waals surface area contributed by atoms with Crippen LogP contribution in [0.1, 0.15) is 5.56 Å². The molecule has 0 unspecified atom stereocenters. The number of non-ortho nitro benzene ring substituents is 1. The molecule has 0 saturated heterocycles. The van der Waals surface area contributed by atoms with Gasteiger partial charge >= 0.3 is 0 Å². The van der Waals surface area contributed by atoms with E-state index in [9.17, 15) is 10.1 Å². The molecule has 0 aromatic heterocycles. The minimum atomic E-state index is -0.457. The first-order valence-corrected chi connectivity index (χ1v) is 6.48. The Morgan fingerprint density at radius 1 is 1.05 bits per heavy atom. The van der Waals surface area contributed by atoms with E-state index in [4.69, 9.17) is 15.2 Å². The van der Waals surface area contributed by atoms with Gasteiger partial charge in [-0.1, -0.05) is 18.2 Å². The molecule has 6 nitrogen and oxygen atoms in total. The molecule has 0 radical (unpaired) electrons. The van der Waals surface area contributed by atoms with Gasteiger partial charge in [-0.3, -0.25) is 10.1 Å². The van der Waals surface area contributed by atoms with Gasteiger partial charge in [0.05, 0.1) is 4.92 Å². The molecular formula is C15H16N2O4. The van der Waals surface area contributed by atoms with Gasteiger partial charge in [-0.25, -0.2) is 0 Å². The molecule has 0 heterocycles. The van der Waals surface area contributed by atoms with Gasteiger partial charge in [0.25, 0.3) is 5.69 Å². The molecule has 2 N–H and O–H groups in total. The zero-order valence-electron chi connectivity index (χ0n) is 11.4. The Balaban J connectivity index is 1.89. The lowest BCUT2D eigenvalue weighted by Gasteiger charge is -2.11. The Morgan fingerprint density at radius 3 is 2.43 bits per heavy atom. The maximum atomic E-state index is 10.7. The molecule has 2 aromatic rings. The summed E-state index contributed by atoms with van der Waals surface area (Å²) in [5.74, 6) is 1.31. The fourth-order valence-electron chi connectivity index (χ4n) is 1.81. The van der Waals surface area contributed by atoms with E-state index < -0.39 is 4.92 Å². The van der Waals surface area contributed by atoms with Crippen LogP contribution in [0.3, 0.4) is 0 Å². The van der Waals surface area contributed by atoms with Crippen molar-refractivity contribution >= 4 is 5.69 Å². The van der Waals surface area contributed by atoms with Crippen molar-refractivity contribution in [3.63, 3.8) is 0 Å². The van der Waals surface area contributed by atoms with Crippen LogP contribution in [-0.4, -0.2) is 18.1 Å². The number of nitrogens with two attached hydrogens (primary N) is 1. The van der Waals surface area contributed by atoms with Crippen LogP contribution in [0, 0.1) is 10.1 Å². The van der Waals surface area contributed by atoms with Crippen molar-refractivity contribution in [3.05, 3.63) is 64.2 Å². The number of benzene rings is 2. The Labute approximate surface area is 122 Å². The fraction of sp³-hybridized carbons (Fsp3) is 0.200. The van der Waals surface area contributed by atoms with Crippen molar-refractivity contribution in [1.29, 1.82) is 0 Å². The molecule has 110 valence electrons. The maximum absolute atomic E-state index is 10.7. The summed E-state index contributed by atoms with van der Waals surface area (Å²) in [6.45, 7) is 0.890. The first-order valence-electron chi connectivity index (χ1n) is 6.48. The number of nitrogens with zero attached hydrogens (tertiary/aromatic N) is 1. The van der Waals surface area contributed by atoms with Gasteiger partial charge in [-0.15, -0.1) is 0 Å². The minimum Gasteiger partial charge on any atom is -0.490 e. The average Bonchev–Trinajstić information content (AvgIpc) is 2.52. The van der Waals surface area contributed by atoms with Crippen molar-refractivity contribution in [3.8, 4) is 11.5 Å². The van der Waals surface area contributed by atoms with Gasteiger partial charge in [-0.2, -0.15) is 0 Å². The Hall–Kier alpha value is -2.60. The van der Waals surface area contributed by atoms with E-state index in [0.717, 1.165) is 5.75 Å². The second-order valence-electron chi connectivity index (χ2n) is 4.26. The third-order valence-electron chi connectivity index (χ3n) is 2.83. The van der Waals surface area contributed by atoms with Gasteiger partial charge in [0, 0.05) is 24.2 Å². The lowest BCUT2D eigenvalue weighted by Crippen LogP contribution is -2.11. The quantitative estimate of drug-likeness (QED) is 0.480. The van der Waals surface area contributed by atoms with Crippen LogP contribution in [0.4, 0.5) is 5.69 Å². The summed E-state index contributed by atoms with van der Waals surface area (Å²) < 4.78 is 11.1. The predicted molar refractivity (Wildman–Crippen MR) is 78.4 cm³/mol. The number of hydrogen-bond acceptors (Lipinski definition) is 5. The van der Waals surface area contributed by atoms with E-state index in [1.54, 1.807) is 6.07 Å². The van der Waals surface area contributed by atoms with Crippen LogP contribution in [0.15, 0.2) is 48.5 Å². The summed E-state index contributed by atoms with van der Waals surface area (Å²) in [6.07, 6.45) is 0. The number of nitro groups is 1. The molecule has 21 heavy (non-hydrogen) atoms. The van der Waals surface area contributed by atoms with Gasteiger partial charge in [0.15, 0.2) is 0 Å². The highest BCUT2D eigenvalue weighted by Crippen LogP contribution is 2.23. The van der Waals surface area contributed by atoms with E-state index in [0.29, 0.717) is 24.5 Å². The molecule has 0 atom stereocenters. The van der Waals surface area contributed by atoms with Gasteiger partial charge in [0.1, 0.15) is 24.7 Å². The van der Waals surface area contributed by atoms with Crippen molar-refractivity contribution in [1.82, 2.24) is 0 Å². The van der Waals surface area contributed by atoms with E-state index in [1.165, 1.54) is 12.1 Å². The summed E-state index contributed by atoms with van der Waals surface area (Å²) in [5.41, 5.74) is 6.19. The van der Waals surface area contributed by atoms with Crippen LogP contribution in [0.2, 0.25) is 0 Å². The molecule has 0 bridgehead atoms. The lowest BCUT2D eigenvalue weighted by molar-refractivity contribution is -0.384. The number of nitro benzene ring substituents is 1. The molecule has 0 aliphatic rings. The van der Waals surface area contributed by atoms with Crippen LogP contribution in [0.5, 0.6) is 11.5 Å². The summed E-state index contributed by atoms with van der Waals surface area (Å²) in [7, 11) is 0. The molecule has 0 spiro atoms. The number of ether oxygens (including phenoxy) is 2. The van der Waals surface area contributed by atoms with E-state index >= 15 is 0 Å². The summed E-state index contributed by atoms with van der Waals surface area (Å²) in [4.78, 5) is 10.2. The van der Waals surface area contributed by atoms with Crippen LogP contribution in [-0.2, 0) is 6.54 Å². The second-order valence-corrected chi connectivity index (χ2v) is 4.26. The second kappa shape index (κ2) is 7.25. The van der Waals surface area contributed by atoms with Crippen LogP contribution in [0.25, 0.3) is 0 Å². The molecule has 2 aromatic carbocycles. The monoisotopic (exact) mass is 288 g/mol. The minimum absolute atomic E-state index is 0.00309. The smallest absolute Gasteiger partial charge is 0.270 e. The molecule has 6 heteroatoms. The Kier molecular flexibility index (Phi) is 5.11. The highest BCUT2D eigenvalue weighted by Gasteiger charge is 2.10. The van der Waals surface area contributed by atoms with E-state index in [2.05, 4.69) is 0 Å². The summed E-state index contributed by atoms with van der Waals surface area (Å²) in [5, 5.41) is 10.7. The maximum Gasteiger partial charge on any atom is 0.270 e. The molecular weight excluding hydrogens is 272 g/mol. The van der Waals surface area contributed by atoms with Crippen LogP contribution >= 0.6 is 0 Å². The van der Waals surface area contributed by atoms with Crippen molar-refractivity contribution in [2.45, 2.75) is 6.54 Å². The zero-order valence-corrected chi connectivity index (χ0v) is 11.4. The normalized spacial score (nSPS) is 10.1. The highest BCUT2D eigenvalue weighted by atomic mass is 16.6. The first-order chi connectivity index (χ1) is 10.2.